The molecule has 1 N–H and O–H groups in total. The van der Waals surface area contributed by atoms with E-state index in [4.69, 9.17) is 11.6 Å². The molecule has 21 heavy (non-hydrogen) atoms. The molecule has 2 atom stereocenters. The second-order valence-electron chi connectivity index (χ2n) is 7.67. The first-order chi connectivity index (χ1) is 9.75. The summed E-state index contributed by atoms with van der Waals surface area (Å²) in [4.78, 5) is 2.61. The van der Waals surface area contributed by atoms with Crippen LogP contribution in [0.4, 0.5) is 0 Å². The van der Waals surface area contributed by atoms with Crippen molar-refractivity contribution >= 4 is 11.6 Å². The smallest absolute Gasteiger partial charge is 0.0451 e. The van der Waals surface area contributed by atoms with Crippen LogP contribution in [0.15, 0.2) is 24.3 Å². The molecule has 0 radical (unpaired) electrons. The SMILES string of the molecule is CCC1(C)CN(Cc2ccccc2Cl)C(C(C)(C)C)CN1. The monoisotopic (exact) mass is 308 g/mol. The van der Waals surface area contributed by atoms with Gasteiger partial charge in [-0.1, -0.05) is 57.5 Å². The number of nitrogens with one attached hydrogen (secondary N) is 1. The second-order valence-corrected chi connectivity index (χ2v) is 8.08. The molecule has 0 bridgehead atoms. The first kappa shape index (κ1) is 16.8. The van der Waals surface area contributed by atoms with E-state index in [1.807, 2.05) is 12.1 Å². The van der Waals surface area contributed by atoms with Gasteiger partial charge >= 0.3 is 0 Å². The van der Waals surface area contributed by atoms with Crippen LogP contribution in [0.2, 0.25) is 5.02 Å². The highest BCUT2D eigenvalue weighted by Crippen LogP contribution is 2.32. The summed E-state index contributed by atoms with van der Waals surface area (Å²) in [6.45, 7) is 14.6. The van der Waals surface area contributed by atoms with E-state index in [2.05, 4.69) is 57.0 Å². The summed E-state index contributed by atoms with van der Waals surface area (Å²) in [7, 11) is 0. The van der Waals surface area contributed by atoms with Crippen molar-refractivity contribution in [2.75, 3.05) is 13.1 Å². The van der Waals surface area contributed by atoms with Crippen LogP contribution in [0, 0.1) is 5.41 Å². The highest BCUT2D eigenvalue weighted by molar-refractivity contribution is 6.31. The normalized spacial score (nSPS) is 27.8. The van der Waals surface area contributed by atoms with Gasteiger partial charge in [0.2, 0.25) is 0 Å². The average Bonchev–Trinajstić information content (AvgIpc) is 2.40. The van der Waals surface area contributed by atoms with Crippen LogP contribution in [0.1, 0.15) is 46.6 Å². The third kappa shape index (κ3) is 4.00. The second kappa shape index (κ2) is 6.28. The lowest BCUT2D eigenvalue weighted by atomic mass is 9.81. The molecule has 1 saturated heterocycles. The minimum atomic E-state index is 0.197. The van der Waals surface area contributed by atoms with Crippen LogP contribution in [0.5, 0.6) is 0 Å². The fourth-order valence-corrected chi connectivity index (χ4v) is 3.38. The van der Waals surface area contributed by atoms with E-state index in [0.29, 0.717) is 6.04 Å². The van der Waals surface area contributed by atoms with Gasteiger partial charge in [0.05, 0.1) is 0 Å². The number of hydrogen-bond donors (Lipinski definition) is 1. The Labute approximate surface area is 134 Å². The molecule has 1 aliphatic heterocycles. The third-order valence-electron chi connectivity index (χ3n) is 4.83. The van der Waals surface area contributed by atoms with Crippen molar-refractivity contribution in [1.82, 2.24) is 10.2 Å². The summed E-state index contributed by atoms with van der Waals surface area (Å²) in [5, 5.41) is 4.63. The minimum absolute atomic E-state index is 0.197. The quantitative estimate of drug-likeness (QED) is 0.894. The number of benzene rings is 1. The molecule has 2 unspecified atom stereocenters. The summed E-state index contributed by atoms with van der Waals surface area (Å²) in [5.74, 6) is 0. The summed E-state index contributed by atoms with van der Waals surface area (Å²) < 4.78 is 0. The molecular formula is C18H29ClN2. The van der Waals surface area contributed by atoms with Gasteiger partial charge in [-0.15, -0.1) is 0 Å². The van der Waals surface area contributed by atoms with E-state index in [1.54, 1.807) is 0 Å². The first-order valence-corrected chi connectivity index (χ1v) is 8.35. The molecule has 1 aliphatic rings. The Balaban J connectivity index is 2.23. The topological polar surface area (TPSA) is 15.3 Å². The molecule has 0 amide bonds. The van der Waals surface area contributed by atoms with Crippen molar-refractivity contribution in [3.8, 4) is 0 Å². The molecule has 118 valence electrons. The first-order valence-electron chi connectivity index (χ1n) is 7.98. The molecule has 2 rings (SSSR count). The molecule has 1 aromatic rings. The van der Waals surface area contributed by atoms with E-state index >= 15 is 0 Å². The van der Waals surface area contributed by atoms with Crippen molar-refractivity contribution in [1.29, 1.82) is 0 Å². The highest BCUT2D eigenvalue weighted by atomic mass is 35.5. The largest absolute Gasteiger partial charge is 0.309 e. The molecular weight excluding hydrogens is 280 g/mol. The number of hydrogen-bond acceptors (Lipinski definition) is 2. The van der Waals surface area contributed by atoms with Crippen LogP contribution in [-0.4, -0.2) is 29.6 Å². The van der Waals surface area contributed by atoms with E-state index in [9.17, 15) is 0 Å². The van der Waals surface area contributed by atoms with Crippen LogP contribution >= 0.6 is 11.6 Å². The van der Waals surface area contributed by atoms with Crippen molar-refractivity contribution in [3.63, 3.8) is 0 Å². The molecule has 0 aromatic heterocycles. The lowest BCUT2D eigenvalue weighted by Gasteiger charge is -2.50. The Kier molecular flexibility index (Phi) is 5.02. The lowest BCUT2D eigenvalue weighted by molar-refractivity contribution is 0.0205. The van der Waals surface area contributed by atoms with Crippen molar-refractivity contribution < 1.29 is 0 Å². The maximum atomic E-state index is 6.37. The lowest BCUT2D eigenvalue weighted by Crippen LogP contribution is -2.65. The van der Waals surface area contributed by atoms with Gasteiger partial charge in [-0.25, -0.2) is 0 Å². The molecule has 0 saturated carbocycles. The maximum Gasteiger partial charge on any atom is 0.0451 e. The van der Waals surface area contributed by atoms with Gasteiger partial charge in [0.15, 0.2) is 0 Å². The van der Waals surface area contributed by atoms with Crippen LogP contribution in [-0.2, 0) is 6.54 Å². The number of nitrogens with zero attached hydrogens (tertiary/aromatic N) is 1. The van der Waals surface area contributed by atoms with Crippen molar-refractivity contribution in [3.05, 3.63) is 34.9 Å². The van der Waals surface area contributed by atoms with Gasteiger partial charge < -0.3 is 5.32 Å². The zero-order valence-corrected chi connectivity index (χ0v) is 14.8. The maximum absolute atomic E-state index is 6.37. The molecule has 3 heteroatoms. The Hall–Kier alpha value is -0.570. The van der Waals surface area contributed by atoms with Crippen LogP contribution < -0.4 is 5.32 Å². The van der Waals surface area contributed by atoms with Gasteiger partial charge in [-0.05, 0) is 30.4 Å². The molecule has 1 aromatic carbocycles. The zero-order valence-electron chi connectivity index (χ0n) is 14.0. The van der Waals surface area contributed by atoms with Crippen LogP contribution in [0.25, 0.3) is 0 Å². The van der Waals surface area contributed by atoms with Crippen LogP contribution in [0.3, 0.4) is 0 Å². The van der Waals surface area contributed by atoms with Gasteiger partial charge in [-0.3, -0.25) is 4.90 Å². The summed E-state index contributed by atoms with van der Waals surface area (Å²) in [6, 6.07) is 8.74. The zero-order chi connectivity index (χ0) is 15.7. The fourth-order valence-electron chi connectivity index (χ4n) is 3.19. The van der Waals surface area contributed by atoms with Gasteiger partial charge in [0.25, 0.3) is 0 Å². The predicted molar refractivity (Wildman–Crippen MR) is 91.8 cm³/mol. The van der Waals surface area contributed by atoms with Crippen molar-refractivity contribution in [2.24, 2.45) is 5.41 Å². The molecule has 1 fully saturated rings. The van der Waals surface area contributed by atoms with Gasteiger partial charge in [-0.2, -0.15) is 0 Å². The molecule has 2 nitrogen and oxygen atoms in total. The summed E-state index contributed by atoms with van der Waals surface area (Å²) in [6.07, 6.45) is 1.14. The Morgan fingerprint density at radius 3 is 2.57 bits per heavy atom. The highest BCUT2D eigenvalue weighted by Gasteiger charge is 2.39. The third-order valence-corrected chi connectivity index (χ3v) is 5.20. The minimum Gasteiger partial charge on any atom is -0.309 e. The van der Waals surface area contributed by atoms with E-state index in [0.717, 1.165) is 31.1 Å². The molecule has 1 heterocycles. The average molecular weight is 309 g/mol. The van der Waals surface area contributed by atoms with Crippen molar-refractivity contribution in [2.45, 2.75) is 59.2 Å². The number of rotatable bonds is 3. The number of halogens is 1. The number of piperazine rings is 1. The summed E-state index contributed by atoms with van der Waals surface area (Å²) in [5.41, 5.74) is 1.68. The van der Waals surface area contributed by atoms with E-state index in [-0.39, 0.29) is 11.0 Å². The summed E-state index contributed by atoms with van der Waals surface area (Å²) >= 11 is 6.37. The Morgan fingerprint density at radius 2 is 2.00 bits per heavy atom. The van der Waals surface area contributed by atoms with Gasteiger partial charge in [0, 0.05) is 36.2 Å². The predicted octanol–water partition coefficient (Wildman–Crippen LogP) is 4.33. The molecule has 0 aliphatic carbocycles. The Bertz CT molecular complexity index is 480. The standard InChI is InChI=1S/C18H29ClN2/c1-6-18(5)13-21(16(11-20-18)17(2,3)4)12-14-9-7-8-10-15(14)19/h7-10,16,20H,6,11-13H2,1-5H3. The molecule has 0 spiro atoms. The van der Waals surface area contributed by atoms with E-state index < -0.39 is 0 Å². The fraction of sp³-hybridized carbons (Fsp3) is 0.667. The Morgan fingerprint density at radius 1 is 1.33 bits per heavy atom. The van der Waals surface area contributed by atoms with Gasteiger partial charge in [0.1, 0.15) is 0 Å². The van der Waals surface area contributed by atoms with E-state index in [1.165, 1.54) is 5.56 Å².